The molecule has 0 spiro atoms. The summed E-state index contributed by atoms with van der Waals surface area (Å²) < 4.78 is 0. The van der Waals surface area contributed by atoms with E-state index in [2.05, 4.69) is 4.90 Å². The maximum absolute atomic E-state index is 5.98. The van der Waals surface area contributed by atoms with Crippen LogP contribution in [0.25, 0.3) is 0 Å². The number of benzene rings is 1. The van der Waals surface area contributed by atoms with Crippen LogP contribution in [0.5, 0.6) is 0 Å². The molecule has 0 bridgehead atoms. The zero-order chi connectivity index (χ0) is 11.5. The van der Waals surface area contributed by atoms with Crippen molar-refractivity contribution in [3.63, 3.8) is 0 Å². The zero-order valence-corrected chi connectivity index (χ0v) is 10.6. The lowest BCUT2D eigenvalue weighted by Gasteiger charge is -2.23. The molecule has 2 nitrogen and oxygen atoms in total. The van der Waals surface area contributed by atoms with Gasteiger partial charge in [0.1, 0.15) is 0 Å². The molecule has 1 unspecified atom stereocenters. The summed E-state index contributed by atoms with van der Waals surface area (Å²) in [6.45, 7) is 2.74. The third-order valence-corrected chi connectivity index (χ3v) is 3.52. The molecular formula is C12H16Cl2N2. The fourth-order valence-electron chi connectivity index (χ4n) is 2.31. The Labute approximate surface area is 106 Å². The van der Waals surface area contributed by atoms with Crippen LogP contribution >= 0.6 is 23.2 Å². The van der Waals surface area contributed by atoms with Crippen molar-refractivity contribution in [3.05, 3.63) is 33.8 Å². The maximum atomic E-state index is 5.98. The molecule has 2 rings (SSSR count). The molecule has 16 heavy (non-hydrogen) atoms. The number of hydrogen-bond donors (Lipinski definition) is 1. The van der Waals surface area contributed by atoms with Crippen molar-refractivity contribution >= 4 is 23.2 Å². The van der Waals surface area contributed by atoms with Gasteiger partial charge in [-0.15, -0.1) is 0 Å². The Hall–Kier alpha value is -0.280. The smallest absolute Gasteiger partial charge is 0.0424 e. The number of rotatable bonds is 3. The number of hydrogen-bond acceptors (Lipinski definition) is 2. The van der Waals surface area contributed by atoms with Crippen molar-refractivity contribution < 1.29 is 0 Å². The summed E-state index contributed by atoms with van der Waals surface area (Å²) in [5.74, 6) is 0. The second-order valence-corrected chi connectivity index (χ2v) is 5.15. The average Bonchev–Trinajstić information content (AvgIpc) is 2.63. The first kappa shape index (κ1) is 12.2. The fourth-order valence-corrected chi connectivity index (χ4v) is 2.88. The molecule has 0 aromatic heterocycles. The highest BCUT2D eigenvalue weighted by atomic mass is 35.5. The second kappa shape index (κ2) is 5.37. The van der Waals surface area contributed by atoms with Crippen LogP contribution in [0.1, 0.15) is 18.4 Å². The number of nitrogens with zero attached hydrogens (tertiary/aromatic N) is 1. The highest BCUT2D eigenvalue weighted by molar-refractivity contribution is 6.34. The predicted molar refractivity (Wildman–Crippen MR) is 68.9 cm³/mol. The standard InChI is InChI=1S/C12H16Cl2N2/c13-10-4-9(5-11(14)6-10)8-16-3-1-2-12(16)7-15/h4-6,12H,1-3,7-8,15H2. The van der Waals surface area contributed by atoms with E-state index in [0.717, 1.165) is 25.2 Å². The first-order valence-electron chi connectivity index (χ1n) is 5.58. The summed E-state index contributed by atoms with van der Waals surface area (Å²) >= 11 is 12.0. The van der Waals surface area contributed by atoms with Gasteiger partial charge in [-0.05, 0) is 43.1 Å². The number of nitrogens with two attached hydrogens (primary N) is 1. The van der Waals surface area contributed by atoms with Crippen LogP contribution in [-0.4, -0.2) is 24.0 Å². The number of halogens is 2. The quantitative estimate of drug-likeness (QED) is 0.904. The van der Waals surface area contributed by atoms with Crippen LogP contribution < -0.4 is 5.73 Å². The minimum absolute atomic E-state index is 0.512. The van der Waals surface area contributed by atoms with E-state index >= 15 is 0 Å². The van der Waals surface area contributed by atoms with E-state index in [-0.39, 0.29) is 0 Å². The van der Waals surface area contributed by atoms with Crippen LogP contribution in [0.3, 0.4) is 0 Å². The molecule has 1 fully saturated rings. The Kier molecular flexibility index (Phi) is 4.09. The monoisotopic (exact) mass is 258 g/mol. The molecule has 0 radical (unpaired) electrons. The second-order valence-electron chi connectivity index (χ2n) is 4.28. The molecule has 2 N–H and O–H groups in total. The van der Waals surface area contributed by atoms with Gasteiger partial charge in [0.2, 0.25) is 0 Å². The Morgan fingerprint density at radius 1 is 1.25 bits per heavy atom. The minimum Gasteiger partial charge on any atom is -0.329 e. The molecule has 1 heterocycles. The Bertz CT molecular complexity index is 348. The van der Waals surface area contributed by atoms with Crippen LogP contribution in [0.4, 0.5) is 0 Å². The Balaban J connectivity index is 2.08. The van der Waals surface area contributed by atoms with Crippen molar-refractivity contribution in [1.29, 1.82) is 0 Å². The van der Waals surface area contributed by atoms with Crippen LogP contribution in [-0.2, 0) is 6.54 Å². The number of likely N-dealkylation sites (tertiary alicyclic amines) is 1. The topological polar surface area (TPSA) is 29.3 Å². The highest BCUT2D eigenvalue weighted by Crippen LogP contribution is 2.23. The van der Waals surface area contributed by atoms with E-state index in [1.807, 2.05) is 12.1 Å². The van der Waals surface area contributed by atoms with Crippen molar-refractivity contribution in [1.82, 2.24) is 4.90 Å². The van der Waals surface area contributed by atoms with Crippen molar-refractivity contribution in [2.45, 2.75) is 25.4 Å². The largest absolute Gasteiger partial charge is 0.329 e. The molecule has 1 aliphatic heterocycles. The normalized spacial score (nSPS) is 21.6. The molecule has 0 amide bonds. The molecular weight excluding hydrogens is 243 g/mol. The van der Waals surface area contributed by atoms with Gasteiger partial charge in [-0.2, -0.15) is 0 Å². The van der Waals surface area contributed by atoms with Crippen molar-refractivity contribution in [2.24, 2.45) is 5.73 Å². The van der Waals surface area contributed by atoms with Crippen molar-refractivity contribution in [3.8, 4) is 0 Å². The summed E-state index contributed by atoms with van der Waals surface area (Å²) in [5.41, 5.74) is 6.91. The molecule has 1 aromatic rings. The lowest BCUT2D eigenvalue weighted by Crippen LogP contribution is -2.34. The van der Waals surface area contributed by atoms with E-state index in [9.17, 15) is 0 Å². The SMILES string of the molecule is NCC1CCCN1Cc1cc(Cl)cc(Cl)c1. The van der Waals surface area contributed by atoms with E-state index in [0.29, 0.717) is 16.1 Å². The third-order valence-electron chi connectivity index (χ3n) is 3.08. The summed E-state index contributed by atoms with van der Waals surface area (Å²) in [6, 6.07) is 6.22. The van der Waals surface area contributed by atoms with Crippen LogP contribution in [0.2, 0.25) is 10.0 Å². The summed E-state index contributed by atoms with van der Waals surface area (Å²) in [5, 5.41) is 1.40. The zero-order valence-electron chi connectivity index (χ0n) is 9.13. The first-order chi connectivity index (χ1) is 7.69. The third kappa shape index (κ3) is 2.89. The van der Waals surface area contributed by atoms with Gasteiger partial charge in [0.25, 0.3) is 0 Å². The maximum Gasteiger partial charge on any atom is 0.0424 e. The lowest BCUT2D eigenvalue weighted by atomic mass is 10.2. The van der Waals surface area contributed by atoms with Gasteiger partial charge in [-0.1, -0.05) is 23.2 Å². The van der Waals surface area contributed by atoms with Gasteiger partial charge < -0.3 is 5.73 Å². The minimum atomic E-state index is 0.512. The van der Waals surface area contributed by atoms with E-state index in [1.165, 1.54) is 12.8 Å². The van der Waals surface area contributed by atoms with Gasteiger partial charge in [-0.3, -0.25) is 4.90 Å². The summed E-state index contributed by atoms with van der Waals surface area (Å²) in [6.07, 6.45) is 2.43. The molecule has 1 atom stereocenters. The van der Waals surface area contributed by atoms with E-state index in [4.69, 9.17) is 28.9 Å². The highest BCUT2D eigenvalue weighted by Gasteiger charge is 2.22. The fraction of sp³-hybridized carbons (Fsp3) is 0.500. The molecule has 4 heteroatoms. The lowest BCUT2D eigenvalue weighted by molar-refractivity contribution is 0.250. The van der Waals surface area contributed by atoms with Gasteiger partial charge in [-0.25, -0.2) is 0 Å². The van der Waals surface area contributed by atoms with Gasteiger partial charge in [0, 0.05) is 29.2 Å². The van der Waals surface area contributed by atoms with E-state index < -0.39 is 0 Å². The Morgan fingerprint density at radius 3 is 2.56 bits per heavy atom. The molecule has 88 valence electrons. The summed E-state index contributed by atoms with van der Waals surface area (Å²) in [7, 11) is 0. The predicted octanol–water partition coefficient (Wildman–Crippen LogP) is 2.92. The van der Waals surface area contributed by atoms with E-state index in [1.54, 1.807) is 6.07 Å². The molecule has 0 saturated carbocycles. The Morgan fingerprint density at radius 2 is 1.94 bits per heavy atom. The van der Waals surface area contributed by atoms with Gasteiger partial charge in [0.05, 0.1) is 0 Å². The van der Waals surface area contributed by atoms with Crippen molar-refractivity contribution in [2.75, 3.05) is 13.1 Å². The molecule has 0 aliphatic carbocycles. The molecule has 1 saturated heterocycles. The van der Waals surface area contributed by atoms with Gasteiger partial charge >= 0.3 is 0 Å². The average molecular weight is 259 g/mol. The first-order valence-corrected chi connectivity index (χ1v) is 6.33. The molecule has 1 aliphatic rings. The van der Waals surface area contributed by atoms with Gasteiger partial charge in [0.15, 0.2) is 0 Å². The summed E-state index contributed by atoms with van der Waals surface area (Å²) in [4.78, 5) is 2.40. The van der Waals surface area contributed by atoms with Crippen LogP contribution in [0.15, 0.2) is 18.2 Å². The molecule has 1 aromatic carbocycles. The van der Waals surface area contributed by atoms with Crippen LogP contribution in [0, 0.1) is 0 Å².